The van der Waals surface area contributed by atoms with Crippen molar-refractivity contribution < 1.29 is 17.9 Å². The highest BCUT2D eigenvalue weighted by Gasteiger charge is 2.31. The number of halogens is 1. The van der Waals surface area contributed by atoms with Gasteiger partial charge in [0.15, 0.2) is 6.10 Å². The Bertz CT molecular complexity index is 782. The number of nitrogens with zero attached hydrogens (tertiary/aromatic N) is 1. The van der Waals surface area contributed by atoms with Gasteiger partial charge in [-0.05, 0) is 31.0 Å². The zero-order valence-electron chi connectivity index (χ0n) is 15.3. The van der Waals surface area contributed by atoms with Crippen molar-refractivity contribution >= 4 is 45.0 Å². The number of benzene rings is 1. The van der Waals surface area contributed by atoms with Crippen molar-refractivity contribution in [2.75, 3.05) is 29.4 Å². The number of nitrogens with one attached hydrogen (secondary N) is 1. The van der Waals surface area contributed by atoms with Crippen molar-refractivity contribution in [1.82, 2.24) is 5.32 Å². The lowest BCUT2D eigenvalue weighted by Crippen LogP contribution is -2.40. The van der Waals surface area contributed by atoms with Crippen LogP contribution in [0.1, 0.15) is 32.1 Å². The predicted molar refractivity (Wildman–Crippen MR) is 110 cm³/mol. The van der Waals surface area contributed by atoms with Crippen LogP contribution in [0.2, 0.25) is 5.02 Å². The second-order valence-electron chi connectivity index (χ2n) is 6.91. The number of carbonyl (C=O) groups is 1. The van der Waals surface area contributed by atoms with E-state index >= 15 is 0 Å². The third kappa shape index (κ3) is 5.45. The number of sulfonamides is 1. The molecular weight excluding hydrogens is 408 g/mol. The molecule has 0 aromatic heterocycles. The number of thioether (sulfide) groups is 1. The molecule has 2 aliphatic rings. The van der Waals surface area contributed by atoms with Gasteiger partial charge in [0.05, 0.1) is 11.9 Å². The first-order chi connectivity index (χ1) is 12.8. The molecule has 0 radical (unpaired) electrons. The zero-order chi connectivity index (χ0) is 19.4. The molecular formula is C18H25ClN2O4S2. The van der Waals surface area contributed by atoms with E-state index < -0.39 is 16.1 Å². The topological polar surface area (TPSA) is 75.7 Å². The fraction of sp³-hybridized carbons (Fsp3) is 0.611. The molecule has 1 atom stereocenters. The number of carbonyl (C=O) groups excluding carboxylic acids is 1. The van der Waals surface area contributed by atoms with Crippen LogP contribution in [0.3, 0.4) is 0 Å². The summed E-state index contributed by atoms with van der Waals surface area (Å²) in [5, 5.41) is 4.05. The zero-order valence-corrected chi connectivity index (χ0v) is 17.7. The highest BCUT2D eigenvalue weighted by Crippen LogP contribution is 2.36. The molecule has 27 heavy (non-hydrogen) atoms. The van der Waals surface area contributed by atoms with Crippen LogP contribution in [0.4, 0.5) is 5.69 Å². The normalized spacial score (nSPS) is 20.7. The van der Waals surface area contributed by atoms with Crippen molar-refractivity contribution in [2.24, 2.45) is 0 Å². The highest BCUT2D eigenvalue weighted by molar-refractivity contribution is 7.99. The van der Waals surface area contributed by atoms with Gasteiger partial charge in [-0.25, -0.2) is 8.42 Å². The third-order valence-electron chi connectivity index (χ3n) is 4.80. The van der Waals surface area contributed by atoms with Crippen molar-refractivity contribution in [2.45, 2.75) is 43.5 Å². The van der Waals surface area contributed by atoms with E-state index in [-0.39, 0.29) is 18.9 Å². The molecule has 0 bridgehead atoms. The van der Waals surface area contributed by atoms with E-state index in [2.05, 4.69) is 5.32 Å². The molecule has 3 rings (SSSR count). The second kappa shape index (κ2) is 8.92. The lowest BCUT2D eigenvalue weighted by molar-refractivity contribution is -0.127. The Hall–Kier alpha value is -1.12. The monoisotopic (exact) mass is 432 g/mol. The van der Waals surface area contributed by atoms with Crippen LogP contribution in [0.5, 0.6) is 5.75 Å². The maximum absolute atomic E-state index is 12.5. The molecule has 0 spiro atoms. The maximum Gasteiger partial charge on any atom is 0.261 e. The summed E-state index contributed by atoms with van der Waals surface area (Å²) >= 11 is 7.94. The van der Waals surface area contributed by atoms with Gasteiger partial charge in [-0.1, -0.05) is 24.4 Å². The van der Waals surface area contributed by atoms with Gasteiger partial charge in [0.25, 0.3) is 5.91 Å². The van der Waals surface area contributed by atoms with Gasteiger partial charge in [-0.2, -0.15) is 11.8 Å². The van der Waals surface area contributed by atoms with Crippen molar-refractivity contribution in [3.8, 4) is 5.75 Å². The standard InChI is InChI=1S/C18H25ClN2O4S2/c1-27(23,24)21-10-8-17(25-16-7-6-13(19)12-15(16)21)18(22)20-9-11-26-14-4-2-3-5-14/h6-7,12,14,17H,2-5,8-11H2,1H3,(H,20,22)/t17-/m1/s1. The van der Waals surface area contributed by atoms with E-state index in [4.69, 9.17) is 16.3 Å². The van der Waals surface area contributed by atoms with Crippen molar-refractivity contribution in [3.63, 3.8) is 0 Å². The number of anilines is 1. The molecule has 1 aromatic rings. The first kappa shape index (κ1) is 20.6. The lowest BCUT2D eigenvalue weighted by Gasteiger charge is -2.21. The summed E-state index contributed by atoms with van der Waals surface area (Å²) in [6, 6.07) is 4.78. The number of hydrogen-bond donors (Lipinski definition) is 1. The first-order valence-electron chi connectivity index (χ1n) is 9.18. The third-order valence-corrected chi connectivity index (χ3v) is 7.60. The SMILES string of the molecule is CS(=O)(=O)N1CC[C@H](C(=O)NCCSC2CCCC2)Oc2ccc(Cl)cc21. The van der Waals surface area contributed by atoms with Gasteiger partial charge >= 0.3 is 0 Å². The second-order valence-corrected chi connectivity index (χ2v) is 10.7. The molecule has 1 N–H and O–H groups in total. The van der Waals surface area contributed by atoms with Gasteiger partial charge in [0, 0.05) is 35.5 Å². The lowest BCUT2D eigenvalue weighted by atomic mass is 10.2. The summed E-state index contributed by atoms with van der Waals surface area (Å²) in [6.45, 7) is 0.754. The number of fused-ring (bicyclic) bond motifs is 1. The van der Waals surface area contributed by atoms with Gasteiger partial charge < -0.3 is 10.1 Å². The van der Waals surface area contributed by atoms with E-state index in [1.54, 1.807) is 18.2 Å². The van der Waals surface area contributed by atoms with Crippen LogP contribution in [0.15, 0.2) is 18.2 Å². The van der Waals surface area contributed by atoms with Gasteiger partial charge in [-0.3, -0.25) is 9.10 Å². The van der Waals surface area contributed by atoms with Crippen LogP contribution in [-0.4, -0.2) is 50.8 Å². The minimum atomic E-state index is -3.50. The summed E-state index contributed by atoms with van der Waals surface area (Å²) in [7, 11) is -3.50. The van der Waals surface area contributed by atoms with Crippen LogP contribution in [0.25, 0.3) is 0 Å². The molecule has 150 valence electrons. The molecule has 1 aliphatic heterocycles. The van der Waals surface area contributed by atoms with E-state index in [0.717, 1.165) is 17.3 Å². The highest BCUT2D eigenvalue weighted by atomic mass is 35.5. The van der Waals surface area contributed by atoms with E-state index in [0.29, 0.717) is 23.0 Å². The minimum Gasteiger partial charge on any atom is -0.478 e. The molecule has 0 saturated heterocycles. The Morgan fingerprint density at radius 1 is 1.33 bits per heavy atom. The summed E-state index contributed by atoms with van der Waals surface area (Å²) in [4.78, 5) is 12.5. The smallest absolute Gasteiger partial charge is 0.261 e. The summed E-state index contributed by atoms with van der Waals surface area (Å²) in [5.41, 5.74) is 0.372. The van der Waals surface area contributed by atoms with Gasteiger partial charge in [-0.15, -0.1) is 0 Å². The van der Waals surface area contributed by atoms with Crippen LogP contribution in [-0.2, 0) is 14.8 Å². The predicted octanol–water partition coefficient (Wildman–Crippen LogP) is 3.05. The Morgan fingerprint density at radius 2 is 2.07 bits per heavy atom. The van der Waals surface area contributed by atoms with E-state index in [9.17, 15) is 13.2 Å². The van der Waals surface area contributed by atoms with Gasteiger partial charge in [0.2, 0.25) is 10.0 Å². The number of hydrogen-bond acceptors (Lipinski definition) is 5. The van der Waals surface area contributed by atoms with Crippen LogP contribution < -0.4 is 14.4 Å². The Balaban J connectivity index is 1.62. The van der Waals surface area contributed by atoms with Gasteiger partial charge in [0.1, 0.15) is 5.75 Å². The fourth-order valence-corrected chi connectivity index (χ4v) is 5.77. The Labute approximate surface area is 170 Å². The molecule has 9 heteroatoms. The molecule has 1 saturated carbocycles. The summed E-state index contributed by atoms with van der Waals surface area (Å²) in [5.74, 6) is 1.02. The maximum atomic E-state index is 12.5. The number of rotatable bonds is 6. The largest absolute Gasteiger partial charge is 0.478 e. The minimum absolute atomic E-state index is 0.168. The molecule has 1 heterocycles. The average Bonchev–Trinajstić information content (AvgIpc) is 3.04. The average molecular weight is 433 g/mol. The Morgan fingerprint density at radius 3 is 2.78 bits per heavy atom. The molecule has 1 aromatic carbocycles. The molecule has 1 amide bonds. The van der Waals surface area contributed by atoms with E-state index in [1.165, 1.54) is 30.0 Å². The van der Waals surface area contributed by atoms with E-state index in [1.807, 2.05) is 11.8 Å². The summed E-state index contributed by atoms with van der Waals surface area (Å²) < 4.78 is 31.4. The fourth-order valence-electron chi connectivity index (χ4n) is 3.45. The first-order valence-corrected chi connectivity index (χ1v) is 12.5. The molecule has 0 unspecified atom stereocenters. The molecule has 6 nitrogen and oxygen atoms in total. The number of amides is 1. The van der Waals surface area contributed by atoms with Crippen molar-refractivity contribution in [1.29, 1.82) is 0 Å². The van der Waals surface area contributed by atoms with Crippen LogP contribution >= 0.6 is 23.4 Å². The van der Waals surface area contributed by atoms with Crippen molar-refractivity contribution in [3.05, 3.63) is 23.2 Å². The quantitative estimate of drug-likeness (QED) is 0.699. The Kier molecular flexibility index (Phi) is 6.81. The molecule has 1 aliphatic carbocycles. The van der Waals surface area contributed by atoms with Crippen LogP contribution in [0, 0.1) is 0 Å². The number of ether oxygens (including phenoxy) is 1. The summed E-state index contributed by atoms with van der Waals surface area (Å²) in [6.07, 6.45) is 5.84. The molecule has 1 fully saturated rings.